The first kappa shape index (κ1) is 15.1. The van der Waals surface area contributed by atoms with Crippen LogP contribution in [0, 0.1) is 0 Å². The zero-order valence-electron chi connectivity index (χ0n) is 11.2. The molecule has 2 rings (SSSR count). The number of carbonyl (C=O) groups is 2. The van der Waals surface area contributed by atoms with Gasteiger partial charge in [0.15, 0.2) is 0 Å². The number of rotatable bonds is 2. The van der Waals surface area contributed by atoms with Crippen molar-refractivity contribution in [1.29, 1.82) is 0 Å². The first-order valence-electron chi connectivity index (χ1n) is 6.48. The molecule has 1 saturated carbocycles. The summed E-state index contributed by atoms with van der Waals surface area (Å²) in [6, 6.07) is 4.76. The molecule has 0 atom stereocenters. The van der Waals surface area contributed by atoms with Gasteiger partial charge in [-0.15, -0.1) is 0 Å². The summed E-state index contributed by atoms with van der Waals surface area (Å²) in [6.07, 6.45) is 2.51. The SMILES string of the molecule is CN(C(=O)Nc1cc(Cl)ccc1Cl)C1CCC(=O)CC1. The highest BCUT2D eigenvalue weighted by atomic mass is 35.5. The Bertz CT molecular complexity index is 524. The third-order valence-electron chi connectivity index (χ3n) is 3.55. The van der Waals surface area contributed by atoms with E-state index in [1.165, 1.54) is 0 Å². The number of nitrogens with zero attached hydrogens (tertiary/aromatic N) is 1. The molecule has 1 aromatic rings. The Labute approximate surface area is 128 Å². The zero-order valence-corrected chi connectivity index (χ0v) is 12.7. The summed E-state index contributed by atoms with van der Waals surface area (Å²) in [7, 11) is 1.73. The second-order valence-corrected chi connectivity index (χ2v) is 5.78. The molecule has 0 aliphatic heterocycles. The lowest BCUT2D eigenvalue weighted by atomic mass is 9.93. The van der Waals surface area contributed by atoms with Gasteiger partial charge in [0.2, 0.25) is 0 Å². The molecule has 1 aromatic carbocycles. The molecule has 1 N–H and O–H groups in total. The molecular formula is C14H16Cl2N2O2. The molecule has 0 heterocycles. The van der Waals surface area contributed by atoms with Crippen LogP contribution in [0.2, 0.25) is 10.0 Å². The van der Waals surface area contributed by atoms with Crippen LogP contribution >= 0.6 is 23.2 Å². The number of halogens is 2. The quantitative estimate of drug-likeness (QED) is 0.898. The number of hydrogen-bond donors (Lipinski definition) is 1. The van der Waals surface area contributed by atoms with Crippen molar-refractivity contribution in [2.24, 2.45) is 0 Å². The van der Waals surface area contributed by atoms with Crippen LogP contribution in [-0.4, -0.2) is 29.8 Å². The fourth-order valence-corrected chi connectivity index (χ4v) is 2.61. The highest BCUT2D eigenvalue weighted by molar-refractivity contribution is 6.35. The fraction of sp³-hybridized carbons (Fsp3) is 0.429. The lowest BCUT2D eigenvalue weighted by Gasteiger charge is -2.30. The van der Waals surface area contributed by atoms with Gasteiger partial charge in [0.05, 0.1) is 10.7 Å². The van der Waals surface area contributed by atoms with E-state index in [1.807, 2.05) is 0 Å². The maximum absolute atomic E-state index is 12.2. The number of benzene rings is 1. The van der Waals surface area contributed by atoms with Crippen molar-refractivity contribution in [3.63, 3.8) is 0 Å². The Morgan fingerprint density at radius 2 is 1.95 bits per heavy atom. The molecule has 0 radical (unpaired) electrons. The largest absolute Gasteiger partial charge is 0.325 e. The normalized spacial score (nSPS) is 16.1. The Kier molecular flexibility index (Phi) is 4.89. The number of anilines is 1. The Morgan fingerprint density at radius 3 is 2.60 bits per heavy atom. The molecule has 0 spiro atoms. The second kappa shape index (κ2) is 6.46. The molecule has 0 bridgehead atoms. The van der Waals surface area contributed by atoms with Crippen molar-refractivity contribution >= 4 is 40.7 Å². The standard InChI is InChI=1S/C14H16Cl2N2O2/c1-18(10-3-5-11(19)6-4-10)14(20)17-13-8-9(15)2-7-12(13)16/h2,7-8,10H,3-6H2,1H3,(H,17,20). The van der Waals surface area contributed by atoms with Gasteiger partial charge in [-0.05, 0) is 31.0 Å². The van der Waals surface area contributed by atoms with E-state index in [-0.39, 0.29) is 17.9 Å². The third kappa shape index (κ3) is 3.64. The summed E-state index contributed by atoms with van der Waals surface area (Å²) in [5.41, 5.74) is 0.489. The van der Waals surface area contributed by atoms with Crippen molar-refractivity contribution < 1.29 is 9.59 Å². The molecule has 1 fully saturated rings. The molecule has 6 heteroatoms. The average molecular weight is 315 g/mol. The van der Waals surface area contributed by atoms with Gasteiger partial charge >= 0.3 is 6.03 Å². The van der Waals surface area contributed by atoms with E-state index in [1.54, 1.807) is 30.1 Å². The molecule has 0 unspecified atom stereocenters. The number of nitrogens with one attached hydrogen (secondary N) is 1. The second-order valence-electron chi connectivity index (χ2n) is 4.94. The summed E-state index contributed by atoms with van der Waals surface area (Å²) in [5.74, 6) is 0.271. The van der Waals surface area contributed by atoms with Crippen LogP contribution in [0.4, 0.5) is 10.5 Å². The molecule has 0 saturated heterocycles. The number of amides is 2. The lowest BCUT2D eigenvalue weighted by Crippen LogP contribution is -2.42. The minimum Gasteiger partial charge on any atom is -0.325 e. The monoisotopic (exact) mass is 314 g/mol. The van der Waals surface area contributed by atoms with Crippen LogP contribution in [0.3, 0.4) is 0 Å². The summed E-state index contributed by atoms with van der Waals surface area (Å²) in [5, 5.41) is 3.69. The van der Waals surface area contributed by atoms with Gasteiger partial charge in [0.1, 0.15) is 5.78 Å². The van der Waals surface area contributed by atoms with E-state index in [0.717, 1.165) is 0 Å². The Balaban J connectivity index is 2.00. The molecule has 2 amide bonds. The van der Waals surface area contributed by atoms with Crippen LogP contribution in [0.25, 0.3) is 0 Å². The Morgan fingerprint density at radius 1 is 1.30 bits per heavy atom. The van der Waals surface area contributed by atoms with E-state index < -0.39 is 0 Å². The van der Waals surface area contributed by atoms with E-state index in [9.17, 15) is 9.59 Å². The van der Waals surface area contributed by atoms with Gasteiger partial charge in [-0.2, -0.15) is 0 Å². The summed E-state index contributed by atoms with van der Waals surface area (Å²) >= 11 is 11.9. The van der Waals surface area contributed by atoms with Crippen molar-refractivity contribution in [3.8, 4) is 0 Å². The molecule has 20 heavy (non-hydrogen) atoms. The highest BCUT2D eigenvalue weighted by Gasteiger charge is 2.25. The van der Waals surface area contributed by atoms with Crippen LogP contribution in [0.5, 0.6) is 0 Å². The van der Waals surface area contributed by atoms with Crippen molar-refractivity contribution in [2.45, 2.75) is 31.7 Å². The van der Waals surface area contributed by atoms with E-state index >= 15 is 0 Å². The smallest absolute Gasteiger partial charge is 0.321 e. The van der Waals surface area contributed by atoms with E-state index in [0.29, 0.717) is 41.4 Å². The predicted molar refractivity (Wildman–Crippen MR) is 80.5 cm³/mol. The maximum Gasteiger partial charge on any atom is 0.321 e. The van der Waals surface area contributed by atoms with Gasteiger partial charge in [0.25, 0.3) is 0 Å². The van der Waals surface area contributed by atoms with Crippen molar-refractivity contribution in [2.75, 3.05) is 12.4 Å². The van der Waals surface area contributed by atoms with Gasteiger partial charge in [-0.1, -0.05) is 23.2 Å². The van der Waals surface area contributed by atoms with Gasteiger partial charge < -0.3 is 10.2 Å². The zero-order chi connectivity index (χ0) is 14.7. The van der Waals surface area contributed by atoms with Crippen molar-refractivity contribution in [1.82, 2.24) is 4.90 Å². The molecule has 1 aliphatic rings. The number of carbonyl (C=O) groups excluding carboxylic acids is 2. The Hall–Kier alpha value is -1.26. The van der Waals surface area contributed by atoms with Crippen LogP contribution in [0.15, 0.2) is 18.2 Å². The molecule has 0 aromatic heterocycles. The third-order valence-corrected chi connectivity index (χ3v) is 4.12. The molecule has 108 valence electrons. The lowest BCUT2D eigenvalue weighted by molar-refractivity contribution is -0.121. The van der Waals surface area contributed by atoms with Gasteiger partial charge in [0, 0.05) is 31.0 Å². The number of hydrogen-bond acceptors (Lipinski definition) is 2. The minimum absolute atomic E-state index is 0.0886. The summed E-state index contributed by atoms with van der Waals surface area (Å²) < 4.78 is 0. The molecule has 1 aliphatic carbocycles. The topological polar surface area (TPSA) is 49.4 Å². The number of urea groups is 1. The average Bonchev–Trinajstić information content (AvgIpc) is 2.43. The van der Waals surface area contributed by atoms with Crippen LogP contribution in [-0.2, 0) is 4.79 Å². The number of Topliss-reactive ketones (excluding diaryl/α,β-unsaturated/α-hetero) is 1. The first-order valence-corrected chi connectivity index (χ1v) is 7.23. The first-order chi connectivity index (χ1) is 9.47. The highest BCUT2D eigenvalue weighted by Crippen LogP contribution is 2.26. The molecule has 4 nitrogen and oxygen atoms in total. The summed E-state index contributed by atoms with van der Waals surface area (Å²) in [4.78, 5) is 25.0. The maximum atomic E-state index is 12.2. The van der Waals surface area contributed by atoms with Crippen LogP contribution < -0.4 is 5.32 Å². The van der Waals surface area contributed by atoms with E-state index in [2.05, 4.69) is 5.32 Å². The van der Waals surface area contributed by atoms with Crippen LogP contribution in [0.1, 0.15) is 25.7 Å². The minimum atomic E-state index is -0.242. The predicted octanol–water partition coefficient (Wildman–Crippen LogP) is 3.97. The van der Waals surface area contributed by atoms with E-state index in [4.69, 9.17) is 23.2 Å². The molecular weight excluding hydrogens is 299 g/mol. The van der Waals surface area contributed by atoms with Gasteiger partial charge in [-0.25, -0.2) is 4.79 Å². The number of ketones is 1. The summed E-state index contributed by atoms with van der Waals surface area (Å²) in [6.45, 7) is 0. The van der Waals surface area contributed by atoms with Crippen molar-refractivity contribution in [3.05, 3.63) is 28.2 Å². The fourth-order valence-electron chi connectivity index (χ4n) is 2.27. The van der Waals surface area contributed by atoms with Gasteiger partial charge in [-0.3, -0.25) is 4.79 Å².